The van der Waals surface area contributed by atoms with Crippen LogP contribution in [0.3, 0.4) is 0 Å². The van der Waals surface area contributed by atoms with Crippen LogP contribution >= 0.6 is 0 Å². The highest BCUT2D eigenvalue weighted by atomic mass is 32.2. The van der Waals surface area contributed by atoms with Gasteiger partial charge in [-0.2, -0.15) is 22.0 Å². The number of halogens is 5. The lowest BCUT2D eigenvalue weighted by atomic mass is 10.1. The van der Waals surface area contributed by atoms with Crippen LogP contribution in [0.1, 0.15) is 15.9 Å². The first kappa shape index (κ1) is 20.6. The average Bonchev–Trinajstić information content (AvgIpc) is 2.57. The number of amides is 1. The van der Waals surface area contributed by atoms with E-state index < -0.39 is 32.8 Å². The van der Waals surface area contributed by atoms with Crippen LogP contribution in [0.15, 0.2) is 47.4 Å². The number of rotatable bonds is 5. The summed E-state index contributed by atoms with van der Waals surface area (Å²) in [6.07, 6.45) is 0. The largest absolute Gasteiger partial charge is 0.501 e. The summed E-state index contributed by atoms with van der Waals surface area (Å²) in [4.78, 5) is 11.2. The molecule has 1 N–H and O–H groups in total. The van der Waals surface area contributed by atoms with Crippen molar-refractivity contribution in [3.63, 3.8) is 0 Å². The van der Waals surface area contributed by atoms with Gasteiger partial charge in [0.1, 0.15) is 5.75 Å². The quantitative estimate of drug-likeness (QED) is 0.754. The molecule has 0 bridgehead atoms. The molecule has 11 heteroatoms. The number of sulfone groups is 1. The Morgan fingerprint density at radius 1 is 1.07 bits per heavy atom. The van der Waals surface area contributed by atoms with Crippen molar-refractivity contribution >= 4 is 21.4 Å². The third kappa shape index (κ3) is 4.54. The summed E-state index contributed by atoms with van der Waals surface area (Å²) >= 11 is 0. The maximum Gasteiger partial charge on any atom is 0.501 e. The zero-order valence-corrected chi connectivity index (χ0v) is 14.4. The summed E-state index contributed by atoms with van der Waals surface area (Å²) < 4.78 is 89.1. The van der Waals surface area contributed by atoms with Crippen LogP contribution < -0.4 is 10.1 Å². The first-order valence-electron chi connectivity index (χ1n) is 7.20. The predicted octanol–water partition coefficient (Wildman–Crippen LogP) is 4.14. The van der Waals surface area contributed by atoms with Crippen molar-refractivity contribution < 1.29 is 39.9 Å². The van der Waals surface area contributed by atoms with Gasteiger partial charge >= 0.3 is 12.1 Å². The third-order valence-corrected chi connectivity index (χ3v) is 4.98. The van der Waals surface area contributed by atoms with Gasteiger partial charge in [-0.3, -0.25) is 4.79 Å². The Labute approximate surface area is 150 Å². The van der Waals surface area contributed by atoms with Crippen LogP contribution in [0.4, 0.5) is 27.6 Å². The SMILES string of the molecule is Cc1c(NC(=O)c2ccc(S(=O)(=O)C(F)(F)F)cc2)cccc1OC(F)F. The molecule has 0 saturated carbocycles. The van der Waals surface area contributed by atoms with Crippen molar-refractivity contribution in [3.8, 4) is 5.75 Å². The molecule has 2 aromatic rings. The molecule has 2 aromatic carbocycles. The minimum absolute atomic E-state index is 0.129. The average molecular weight is 409 g/mol. The van der Waals surface area contributed by atoms with Gasteiger partial charge in [0.2, 0.25) is 0 Å². The highest BCUT2D eigenvalue weighted by Crippen LogP contribution is 2.30. The van der Waals surface area contributed by atoms with E-state index in [-0.39, 0.29) is 22.6 Å². The van der Waals surface area contributed by atoms with Gasteiger partial charge in [-0.25, -0.2) is 8.42 Å². The number of carbonyl (C=O) groups excluding carboxylic acids is 1. The highest BCUT2D eigenvalue weighted by molar-refractivity contribution is 7.92. The van der Waals surface area contributed by atoms with E-state index in [1.165, 1.54) is 25.1 Å². The summed E-state index contributed by atoms with van der Waals surface area (Å²) in [5, 5.41) is 2.39. The predicted molar refractivity (Wildman–Crippen MR) is 85.4 cm³/mol. The van der Waals surface area contributed by atoms with Gasteiger partial charge < -0.3 is 10.1 Å². The van der Waals surface area contributed by atoms with Crippen molar-refractivity contribution in [1.82, 2.24) is 0 Å². The van der Waals surface area contributed by atoms with Crippen LogP contribution in [0.25, 0.3) is 0 Å². The molecular weight excluding hydrogens is 397 g/mol. The van der Waals surface area contributed by atoms with E-state index in [1.807, 2.05) is 0 Å². The molecule has 5 nitrogen and oxygen atoms in total. The Morgan fingerprint density at radius 3 is 2.19 bits per heavy atom. The molecule has 0 radical (unpaired) electrons. The molecule has 2 rings (SSSR count). The minimum atomic E-state index is -5.52. The van der Waals surface area contributed by atoms with Crippen molar-refractivity contribution in [2.75, 3.05) is 5.32 Å². The van der Waals surface area contributed by atoms with E-state index in [4.69, 9.17) is 0 Å². The lowest BCUT2D eigenvalue weighted by molar-refractivity contribution is -0.0503. The van der Waals surface area contributed by atoms with E-state index in [0.717, 1.165) is 12.1 Å². The molecule has 0 saturated heterocycles. The zero-order chi connectivity index (χ0) is 20.4. The topological polar surface area (TPSA) is 72.5 Å². The van der Waals surface area contributed by atoms with Crippen molar-refractivity contribution in [2.24, 2.45) is 0 Å². The molecule has 0 heterocycles. The van der Waals surface area contributed by atoms with Crippen LogP contribution in [-0.4, -0.2) is 26.4 Å². The van der Waals surface area contributed by atoms with E-state index in [2.05, 4.69) is 10.1 Å². The number of benzene rings is 2. The smallest absolute Gasteiger partial charge is 0.434 e. The molecule has 146 valence electrons. The lowest BCUT2D eigenvalue weighted by Gasteiger charge is -2.13. The van der Waals surface area contributed by atoms with Crippen molar-refractivity contribution in [2.45, 2.75) is 23.9 Å². The summed E-state index contributed by atoms with van der Waals surface area (Å²) in [7, 11) is -5.52. The monoisotopic (exact) mass is 409 g/mol. The molecule has 0 spiro atoms. The summed E-state index contributed by atoms with van der Waals surface area (Å²) in [6, 6.07) is 7.16. The Morgan fingerprint density at radius 2 is 1.67 bits per heavy atom. The number of ether oxygens (including phenoxy) is 1. The molecule has 0 aliphatic rings. The third-order valence-electron chi connectivity index (χ3n) is 3.48. The summed E-state index contributed by atoms with van der Waals surface area (Å²) in [6.45, 7) is -1.63. The number of alkyl halides is 5. The van der Waals surface area contributed by atoms with Gasteiger partial charge in [-0.15, -0.1) is 0 Å². The van der Waals surface area contributed by atoms with Gasteiger partial charge in [0.15, 0.2) is 0 Å². The van der Waals surface area contributed by atoms with Crippen LogP contribution in [0.5, 0.6) is 5.75 Å². The molecule has 0 aliphatic carbocycles. The molecule has 0 atom stereocenters. The highest BCUT2D eigenvalue weighted by Gasteiger charge is 2.46. The Balaban J connectivity index is 2.23. The molecule has 0 fully saturated rings. The van der Waals surface area contributed by atoms with Gasteiger partial charge in [-0.05, 0) is 43.3 Å². The first-order chi connectivity index (χ1) is 12.4. The van der Waals surface area contributed by atoms with E-state index in [9.17, 15) is 35.2 Å². The second-order valence-corrected chi connectivity index (χ2v) is 7.18. The maximum absolute atomic E-state index is 12.5. The van der Waals surface area contributed by atoms with Gasteiger partial charge in [0.05, 0.1) is 4.90 Å². The normalized spacial score (nSPS) is 12.1. The standard InChI is InChI=1S/C16H12F5NO4S/c1-9-12(3-2-4-13(9)26-15(17)18)22-14(23)10-5-7-11(8-6-10)27(24,25)16(19,20)21/h2-8,15H,1H3,(H,22,23). The zero-order valence-electron chi connectivity index (χ0n) is 13.5. The van der Waals surface area contributed by atoms with Gasteiger partial charge in [0, 0.05) is 16.8 Å². The number of carbonyl (C=O) groups is 1. The Hall–Kier alpha value is -2.69. The number of hydrogen-bond donors (Lipinski definition) is 1. The van der Waals surface area contributed by atoms with E-state index >= 15 is 0 Å². The number of hydrogen-bond acceptors (Lipinski definition) is 4. The summed E-state index contributed by atoms with van der Waals surface area (Å²) in [5.74, 6) is -0.933. The van der Waals surface area contributed by atoms with Crippen LogP contribution in [-0.2, 0) is 9.84 Å². The molecular formula is C16H12F5NO4S. The lowest BCUT2D eigenvalue weighted by Crippen LogP contribution is -2.23. The molecule has 0 unspecified atom stereocenters. The fraction of sp³-hybridized carbons (Fsp3) is 0.188. The second-order valence-electron chi connectivity index (χ2n) is 5.23. The fourth-order valence-electron chi connectivity index (χ4n) is 2.09. The maximum atomic E-state index is 12.5. The molecule has 27 heavy (non-hydrogen) atoms. The first-order valence-corrected chi connectivity index (χ1v) is 8.69. The van der Waals surface area contributed by atoms with E-state index in [0.29, 0.717) is 12.1 Å². The van der Waals surface area contributed by atoms with E-state index in [1.54, 1.807) is 0 Å². The van der Waals surface area contributed by atoms with Crippen molar-refractivity contribution in [3.05, 3.63) is 53.6 Å². The number of nitrogens with one attached hydrogen (secondary N) is 1. The second kappa shape index (κ2) is 7.51. The minimum Gasteiger partial charge on any atom is -0.434 e. The van der Waals surface area contributed by atoms with Crippen LogP contribution in [0.2, 0.25) is 0 Å². The molecule has 0 aromatic heterocycles. The van der Waals surface area contributed by atoms with Gasteiger partial charge in [0.25, 0.3) is 15.7 Å². The Kier molecular flexibility index (Phi) is 5.73. The fourth-order valence-corrected chi connectivity index (χ4v) is 2.85. The van der Waals surface area contributed by atoms with Gasteiger partial charge in [-0.1, -0.05) is 6.07 Å². The summed E-state index contributed by atoms with van der Waals surface area (Å²) in [5.41, 5.74) is -5.23. The van der Waals surface area contributed by atoms with Crippen molar-refractivity contribution in [1.29, 1.82) is 0 Å². The number of anilines is 1. The molecule has 0 aliphatic heterocycles. The van der Waals surface area contributed by atoms with Crippen LogP contribution in [0, 0.1) is 6.92 Å². The Bertz CT molecular complexity index is 940. The molecule has 1 amide bonds.